The van der Waals surface area contributed by atoms with Gasteiger partial charge in [-0.05, 0) is 37.3 Å². The fourth-order valence-electron chi connectivity index (χ4n) is 3.60. The number of H-pyrrole nitrogens is 1. The van der Waals surface area contributed by atoms with Gasteiger partial charge in [0.1, 0.15) is 5.75 Å². The number of methoxy groups -OCH3 is 1. The molecule has 2 N–H and O–H groups in total. The fraction of sp³-hybridized carbons (Fsp3) is 0.467. The Bertz CT molecular complexity index is 712. The van der Waals surface area contributed by atoms with Gasteiger partial charge in [-0.2, -0.15) is 0 Å². The Labute approximate surface area is 126 Å². The van der Waals surface area contributed by atoms with Gasteiger partial charge >= 0.3 is 0 Å². The van der Waals surface area contributed by atoms with Crippen LogP contribution in [0.3, 0.4) is 0 Å². The van der Waals surface area contributed by atoms with Crippen molar-refractivity contribution in [1.82, 2.24) is 9.97 Å². The van der Waals surface area contributed by atoms with Crippen LogP contribution in [0.15, 0.2) is 28.5 Å². The van der Waals surface area contributed by atoms with E-state index >= 15 is 0 Å². The maximum Gasteiger partial charge on any atom is 0.167 e. The van der Waals surface area contributed by atoms with Crippen LogP contribution in [0.25, 0.3) is 11.0 Å². The maximum absolute atomic E-state index is 9.27. The monoisotopic (exact) mass is 303 g/mol. The molecule has 1 aromatic carbocycles. The molecule has 2 saturated carbocycles. The predicted octanol–water partition coefficient (Wildman–Crippen LogP) is 3.29. The zero-order chi connectivity index (χ0) is 14.4. The molecule has 1 aromatic heterocycles. The van der Waals surface area contributed by atoms with E-state index in [9.17, 15) is 5.21 Å². The fourth-order valence-corrected chi connectivity index (χ4v) is 4.96. The lowest BCUT2D eigenvalue weighted by Crippen LogP contribution is -2.25. The molecule has 2 aliphatic carbocycles. The van der Waals surface area contributed by atoms with E-state index in [1.165, 1.54) is 12.8 Å². The third-order valence-corrected chi connectivity index (χ3v) is 5.93. The van der Waals surface area contributed by atoms with E-state index in [4.69, 9.17) is 4.74 Å². The molecule has 6 heteroatoms. The predicted molar refractivity (Wildman–Crippen MR) is 82.3 cm³/mol. The van der Waals surface area contributed by atoms with E-state index in [-0.39, 0.29) is 5.25 Å². The van der Waals surface area contributed by atoms with Crippen LogP contribution in [0.5, 0.6) is 5.75 Å². The molecule has 0 spiro atoms. The van der Waals surface area contributed by atoms with E-state index in [1.54, 1.807) is 18.9 Å². The second-order valence-corrected chi connectivity index (χ2v) is 6.89. The Morgan fingerprint density at radius 3 is 3.14 bits per heavy atom. The third-order valence-electron chi connectivity index (χ3n) is 4.63. The van der Waals surface area contributed by atoms with Gasteiger partial charge in [0.15, 0.2) is 5.16 Å². The van der Waals surface area contributed by atoms with Gasteiger partial charge in [0.25, 0.3) is 0 Å². The van der Waals surface area contributed by atoms with Crippen molar-refractivity contribution in [1.29, 1.82) is 0 Å². The highest BCUT2D eigenvalue weighted by molar-refractivity contribution is 8.00. The number of nitrogens with zero attached hydrogens (tertiary/aromatic N) is 2. The Kier molecular flexibility index (Phi) is 3.06. The van der Waals surface area contributed by atoms with Crippen molar-refractivity contribution in [3.8, 4) is 5.75 Å². The van der Waals surface area contributed by atoms with Crippen molar-refractivity contribution < 1.29 is 9.94 Å². The molecule has 0 saturated heterocycles. The minimum Gasteiger partial charge on any atom is -0.497 e. The quantitative estimate of drug-likeness (QED) is 0.674. The smallest absolute Gasteiger partial charge is 0.167 e. The minimum absolute atomic E-state index is 0.260. The lowest BCUT2D eigenvalue weighted by molar-refractivity contribution is 0.314. The summed E-state index contributed by atoms with van der Waals surface area (Å²) in [5.74, 6) is 1.91. The second-order valence-electron chi connectivity index (χ2n) is 5.76. The van der Waals surface area contributed by atoms with Gasteiger partial charge in [0.05, 0.1) is 29.1 Å². The number of ether oxygens (including phenoxy) is 1. The highest BCUT2D eigenvalue weighted by Crippen LogP contribution is 2.49. The molecule has 2 bridgehead atoms. The third kappa shape index (κ3) is 2.09. The molecular formula is C15H17N3O2S. The number of aromatic amines is 1. The average Bonchev–Trinajstić information content (AvgIpc) is 3.19. The first kappa shape index (κ1) is 13.0. The van der Waals surface area contributed by atoms with Crippen molar-refractivity contribution in [3.63, 3.8) is 0 Å². The Morgan fingerprint density at radius 1 is 1.43 bits per heavy atom. The van der Waals surface area contributed by atoms with Crippen LogP contribution in [-0.4, -0.2) is 33.2 Å². The number of imidazole rings is 1. The van der Waals surface area contributed by atoms with Crippen LogP contribution >= 0.6 is 11.8 Å². The largest absolute Gasteiger partial charge is 0.497 e. The number of thioether (sulfide) groups is 1. The molecule has 2 aromatic rings. The first-order valence-corrected chi connectivity index (χ1v) is 8.08. The average molecular weight is 303 g/mol. The summed E-state index contributed by atoms with van der Waals surface area (Å²) >= 11 is 1.69. The lowest BCUT2D eigenvalue weighted by Gasteiger charge is -2.20. The molecule has 2 aliphatic rings. The van der Waals surface area contributed by atoms with Gasteiger partial charge in [-0.1, -0.05) is 16.9 Å². The van der Waals surface area contributed by atoms with E-state index in [1.807, 2.05) is 18.2 Å². The van der Waals surface area contributed by atoms with Gasteiger partial charge in [-0.3, -0.25) is 0 Å². The van der Waals surface area contributed by atoms with Crippen LogP contribution in [-0.2, 0) is 0 Å². The summed E-state index contributed by atoms with van der Waals surface area (Å²) in [7, 11) is 1.66. The molecule has 0 radical (unpaired) electrons. The first-order valence-electron chi connectivity index (χ1n) is 7.20. The molecule has 2 fully saturated rings. The summed E-state index contributed by atoms with van der Waals surface area (Å²) in [6.45, 7) is 0. The van der Waals surface area contributed by atoms with E-state index in [0.717, 1.165) is 34.1 Å². The molecule has 3 atom stereocenters. The van der Waals surface area contributed by atoms with Gasteiger partial charge in [0.2, 0.25) is 0 Å². The topological polar surface area (TPSA) is 70.5 Å². The number of fused-ring (bicyclic) bond motifs is 3. The summed E-state index contributed by atoms with van der Waals surface area (Å²) in [5.41, 5.74) is 2.86. The molecular weight excluding hydrogens is 286 g/mol. The summed E-state index contributed by atoms with van der Waals surface area (Å²) in [4.78, 5) is 7.96. The Morgan fingerprint density at radius 2 is 2.33 bits per heavy atom. The normalized spacial score (nSPS) is 29.6. The SMILES string of the molecule is COc1ccc2nc(S[C@@H]3/C(=N/O)[C@H]4CC[C@@H]3C4)[nH]c2c1. The summed E-state index contributed by atoms with van der Waals surface area (Å²) in [6, 6.07) is 5.82. The number of oxime groups is 1. The van der Waals surface area contributed by atoms with Gasteiger partial charge in [0, 0.05) is 12.0 Å². The zero-order valence-electron chi connectivity index (χ0n) is 11.7. The van der Waals surface area contributed by atoms with Crippen LogP contribution in [0.1, 0.15) is 19.3 Å². The maximum atomic E-state index is 9.27. The zero-order valence-corrected chi connectivity index (χ0v) is 12.6. The number of hydrogen-bond acceptors (Lipinski definition) is 5. The highest BCUT2D eigenvalue weighted by Gasteiger charge is 2.46. The molecule has 0 unspecified atom stereocenters. The van der Waals surface area contributed by atoms with Gasteiger partial charge < -0.3 is 14.9 Å². The molecule has 5 nitrogen and oxygen atoms in total. The summed E-state index contributed by atoms with van der Waals surface area (Å²) < 4.78 is 5.23. The Hall–Kier alpha value is -1.69. The minimum atomic E-state index is 0.260. The Balaban J connectivity index is 1.62. The molecule has 21 heavy (non-hydrogen) atoms. The number of benzene rings is 1. The van der Waals surface area contributed by atoms with Crippen LogP contribution in [0.4, 0.5) is 0 Å². The number of nitrogens with one attached hydrogen (secondary N) is 1. The van der Waals surface area contributed by atoms with Gasteiger partial charge in [-0.25, -0.2) is 4.98 Å². The van der Waals surface area contributed by atoms with Crippen LogP contribution in [0.2, 0.25) is 0 Å². The standard InChI is InChI=1S/C15H17N3O2S/c1-20-10-4-5-11-12(7-10)17-15(16-11)21-14-9-3-2-8(6-9)13(14)18-19/h4-5,7-9,14,19H,2-3,6H2,1H3,(H,16,17)/b18-13+/t8-,9+,14-/m0/s1. The summed E-state index contributed by atoms with van der Waals surface area (Å²) in [6.07, 6.45) is 3.55. The van der Waals surface area contributed by atoms with Crippen molar-refractivity contribution in [2.24, 2.45) is 17.0 Å². The van der Waals surface area contributed by atoms with Crippen LogP contribution in [0, 0.1) is 11.8 Å². The number of rotatable bonds is 3. The first-order chi connectivity index (χ1) is 10.3. The number of aromatic nitrogens is 2. The van der Waals surface area contributed by atoms with Crippen molar-refractivity contribution in [3.05, 3.63) is 18.2 Å². The van der Waals surface area contributed by atoms with Crippen LogP contribution < -0.4 is 4.74 Å². The molecule has 0 amide bonds. The summed E-state index contributed by atoms with van der Waals surface area (Å²) in [5, 5.41) is 14.0. The lowest BCUT2D eigenvalue weighted by atomic mass is 9.98. The highest BCUT2D eigenvalue weighted by atomic mass is 32.2. The van der Waals surface area contributed by atoms with E-state index in [2.05, 4.69) is 15.1 Å². The second kappa shape index (κ2) is 4.94. The van der Waals surface area contributed by atoms with Crippen molar-refractivity contribution in [2.45, 2.75) is 29.7 Å². The number of hydrogen-bond donors (Lipinski definition) is 2. The van der Waals surface area contributed by atoms with E-state index in [0.29, 0.717) is 11.8 Å². The van der Waals surface area contributed by atoms with Crippen molar-refractivity contribution >= 4 is 28.5 Å². The molecule has 0 aliphatic heterocycles. The van der Waals surface area contributed by atoms with Gasteiger partial charge in [-0.15, -0.1) is 0 Å². The molecule has 1 heterocycles. The molecule has 110 valence electrons. The van der Waals surface area contributed by atoms with E-state index < -0.39 is 0 Å². The van der Waals surface area contributed by atoms with Crippen molar-refractivity contribution in [2.75, 3.05) is 7.11 Å². The molecule has 4 rings (SSSR count).